The van der Waals surface area contributed by atoms with E-state index in [-0.39, 0.29) is 17.9 Å². The molecule has 0 aliphatic rings. The monoisotopic (exact) mass is 418 g/mol. The summed E-state index contributed by atoms with van der Waals surface area (Å²) in [6.07, 6.45) is 1.25. The summed E-state index contributed by atoms with van der Waals surface area (Å²) in [5, 5.41) is 13.2. The Morgan fingerprint density at radius 2 is 1.84 bits per heavy atom. The molecule has 0 saturated heterocycles. The second kappa shape index (κ2) is 9.21. The van der Waals surface area contributed by atoms with E-state index in [1.165, 1.54) is 5.01 Å². The van der Waals surface area contributed by atoms with Gasteiger partial charge in [0.25, 0.3) is 5.56 Å². The van der Waals surface area contributed by atoms with Crippen molar-refractivity contribution in [2.75, 3.05) is 12.0 Å². The molecule has 31 heavy (non-hydrogen) atoms. The summed E-state index contributed by atoms with van der Waals surface area (Å²) in [7, 11) is 0. The maximum absolute atomic E-state index is 12.9. The van der Waals surface area contributed by atoms with Gasteiger partial charge in [0.05, 0.1) is 5.39 Å². The van der Waals surface area contributed by atoms with Crippen LogP contribution in [0.4, 0.5) is 5.82 Å². The first-order valence-corrected chi connectivity index (χ1v) is 10.1. The second-order valence-corrected chi connectivity index (χ2v) is 6.98. The molecule has 2 heterocycles. The minimum Gasteiger partial charge on any atom is -0.339 e. The van der Waals surface area contributed by atoms with Crippen LogP contribution in [0.5, 0.6) is 0 Å². The molecule has 0 unspecified atom stereocenters. The fourth-order valence-electron chi connectivity index (χ4n) is 3.20. The first-order valence-electron chi connectivity index (χ1n) is 10.1. The molecule has 9 nitrogen and oxygen atoms in total. The predicted octanol–water partition coefficient (Wildman–Crippen LogP) is 3.17. The van der Waals surface area contributed by atoms with Gasteiger partial charge in [0, 0.05) is 30.3 Å². The van der Waals surface area contributed by atoms with Gasteiger partial charge in [0.2, 0.25) is 17.6 Å². The van der Waals surface area contributed by atoms with E-state index in [4.69, 9.17) is 4.52 Å². The summed E-state index contributed by atoms with van der Waals surface area (Å²) in [6.45, 7) is 2.46. The predicted molar refractivity (Wildman–Crippen MR) is 116 cm³/mol. The minimum absolute atomic E-state index is 0.140. The molecule has 2 aromatic carbocycles. The Bertz CT molecular complexity index is 1230. The lowest BCUT2D eigenvalue weighted by Gasteiger charge is -2.23. The molecule has 0 radical (unpaired) electrons. The highest BCUT2D eigenvalue weighted by atomic mass is 16.5. The number of amides is 1. The first kappa shape index (κ1) is 20.3. The molecule has 1 amide bonds. The molecule has 0 spiro atoms. The van der Waals surface area contributed by atoms with E-state index in [2.05, 4.69) is 25.8 Å². The summed E-state index contributed by atoms with van der Waals surface area (Å²) in [6, 6.07) is 16.6. The van der Waals surface area contributed by atoms with Crippen LogP contribution in [0.2, 0.25) is 0 Å². The van der Waals surface area contributed by atoms with Gasteiger partial charge >= 0.3 is 0 Å². The quantitative estimate of drug-likeness (QED) is 0.422. The first-order chi connectivity index (χ1) is 15.2. The third kappa shape index (κ3) is 4.61. The molecule has 4 aromatic rings. The Kier molecular flexibility index (Phi) is 6.02. The summed E-state index contributed by atoms with van der Waals surface area (Å²) in [5.41, 5.74) is 3.63. The topological polar surface area (TPSA) is 117 Å². The van der Waals surface area contributed by atoms with Crippen LogP contribution in [0, 0.1) is 0 Å². The molecule has 0 aliphatic carbocycles. The Labute approximate surface area is 178 Å². The number of carbonyl (C=O) groups is 1. The lowest BCUT2D eigenvalue weighted by Crippen LogP contribution is -2.37. The smallest absolute Gasteiger partial charge is 0.272 e. The molecule has 0 atom stereocenters. The van der Waals surface area contributed by atoms with Crippen LogP contribution in [0.1, 0.15) is 25.7 Å². The number of benzene rings is 2. The van der Waals surface area contributed by atoms with Gasteiger partial charge in [-0.2, -0.15) is 10.1 Å². The van der Waals surface area contributed by atoms with Crippen LogP contribution in [-0.4, -0.2) is 37.8 Å². The molecule has 2 N–H and O–H groups in total. The fourth-order valence-corrected chi connectivity index (χ4v) is 3.20. The number of rotatable bonds is 8. The Morgan fingerprint density at radius 1 is 1.10 bits per heavy atom. The SMILES string of the molecule is CCCN(Nc1n[nH]c(=O)c2ccccc12)C(=O)CCc1nc(-c2ccccc2)no1. The molecule has 9 heteroatoms. The number of nitrogens with one attached hydrogen (secondary N) is 2. The molecule has 4 rings (SSSR count). The third-order valence-electron chi connectivity index (χ3n) is 4.74. The van der Waals surface area contributed by atoms with Crippen molar-refractivity contribution in [1.82, 2.24) is 25.3 Å². The van der Waals surface area contributed by atoms with E-state index in [0.717, 1.165) is 12.0 Å². The highest BCUT2D eigenvalue weighted by Gasteiger charge is 2.17. The van der Waals surface area contributed by atoms with Gasteiger partial charge in [-0.3, -0.25) is 20.0 Å². The number of aryl methyl sites for hydroxylation is 1. The lowest BCUT2D eigenvalue weighted by atomic mass is 10.2. The molecule has 0 saturated carbocycles. The molecule has 0 bridgehead atoms. The number of H-pyrrole nitrogens is 1. The van der Waals surface area contributed by atoms with Crippen molar-refractivity contribution in [3.8, 4) is 11.4 Å². The summed E-state index contributed by atoms with van der Waals surface area (Å²) in [5.74, 6) is 1.17. The van der Waals surface area contributed by atoms with Gasteiger partial charge in [-0.05, 0) is 12.5 Å². The Morgan fingerprint density at radius 3 is 2.61 bits per heavy atom. The van der Waals surface area contributed by atoms with Crippen LogP contribution >= 0.6 is 0 Å². The number of hydrogen-bond donors (Lipinski definition) is 2. The number of fused-ring (bicyclic) bond motifs is 1. The van der Waals surface area contributed by atoms with Gasteiger partial charge in [-0.25, -0.2) is 5.10 Å². The zero-order chi connectivity index (χ0) is 21.6. The molecule has 0 fully saturated rings. The van der Waals surface area contributed by atoms with E-state index in [9.17, 15) is 9.59 Å². The Balaban J connectivity index is 1.46. The van der Waals surface area contributed by atoms with Crippen molar-refractivity contribution in [2.45, 2.75) is 26.2 Å². The zero-order valence-electron chi connectivity index (χ0n) is 17.0. The zero-order valence-corrected chi connectivity index (χ0v) is 17.0. The normalized spacial score (nSPS) is 10.9. The van der Waals surface area contributed by atoms with E-state index in [1.807, 2.05) is 43.3 Å². The fraction of sp³-hybridized carbons (Fsp3) is 0.227. The average Bonchev–Trinajstić information content (AvgIpc) is 3.29. The molecular formula is C22H22N6O3. The highest BCUT2D eigenvalue weighted by molar-refractivity contribution is 5.91. The van der Waals surface area contributed by atoms with Gasteiger partial charge < -0.3 is 4.52 Å². The minimum atomic E-state index is -0.278. The van der Waals surface area contributed by atoms with Crippen LogP contribution in [0.15, 0.2) is 63.9 Å². The lowest BCUT2D eigenvalue weighted by molar-refractivity contribution is -0.130. The second-order valence-electron chi connectivity index (χ2n) is 6.98. The van der Waals surface area contributed by atoms with Crippen molar-refractivity contribution >= 4 is 22.5 Å². The van der Waals surface area contributed by atoms with E-state index >= 15 is 0 Å². The van der Waals surface area contributed by atoms with Crippen LogP contribution in [0.3, 0.4) is 0 Å². The average molecular weight is 418 g/mol. The number of hydrazine groups is 1. The highest BCUT2D eigenvalue weighted by Crippen LogP contribution is 2.19. The number of anilines is 1. The van der Waals surface area contributed by atoms with Gasteiger partial charge in [0.15, 0.2) is 5.82 Å². The third-order valence-corrected chi connectivity index (χ3v) is 4.74. The standard InChI is InChI=1S/C22H22N6O3/c1-2-14-28(26-21-16-10-6-7-11-17(16)22(30)25-24-21)19(29)13-12-18-23-20(27-31-18)15-8-4-3-5-9-15/h3-11H,2,12-14H2,1H3,(H,24,26)(H,25,30). The summed E-state index contributed by atoms with van der Waals surface area (Å²) in [4.78, 5) is 29.2. The Hall–Kier alpha value is -4.01. The number of aromatic nitrogens is 4. The van der Waals surface area contributed by atoms with Crippen molar-refractivity contribution in [1.29, 1.82) is 0 Å². The van der Waals surface area contributed by atoms with Gasteiger partial charge in [-0.1, -0.05) is 60.6 Å². The maximum Gasteiger partial charge on any atom is 0.272 e. The molecular weight excluding hydrogens is 396 g/mol. The van der Waals surface area contributed by atoms with Crippen LogP contribution < -0.4 is 11.0 Å². The summed E-state index contributed by atoms with van der Waals surface area (Å²) < 4.78 is 5.29. The largest absolute Gasteiger partial charge is 0.339 e. The molecule has 0 aliphatic heterocycles. The van der Waals surface area contributed by atoms with E-state index < -0.39 is 0 Å². The molecule has 158 valence electrons. The van der Waals surface area contributed by atoms with Crippen LogP contribution in [0.25, 0.3) is 22.2 Å². The number of aromatic amines is 1. The van der Waals surface area contributed by atoms with Crippen molar-refractivity contribution in [3.63, 3.8) is 0 Å². The number of hydrogen-bond acceptors (Lipinski definition) is 7. The number of nitrogens with zero attached hydrogens (tertiary/aromatic N) is 4. The van der Waals surface area contributed by atoms with Gasteiger partial charge in [0.1, 0.15) is 0 Å². The van der Waals surface area contributed by atoms with Gasteiger partial charge in [-0.15, -0.1) is 0 Å². The number of carbonyl (C=O) groups excluding carboxylic acids is 1. The van der Waals surface area contributed by atoms with Crippen LogP contribution in [-0.2, 0) is 11.2 Å². The molecule has 2 aromatic heterocycles. The van der Waals surface area contributed by atoms with E-state index in [1.54, 1.807) is 18.2 Å². The van der Waals surface area contributed by atoms with E-state index in [0.29, 0.717) is 41.3 Å². The maximum atomic E-state index is 12.9. The van der Waals surface area contributed by atoms with Crippen molar-refractivity contribution < 1.29 is 9.32 Å². The van der Waals surface area contributed by atoms with Crippen molar-refractivity contribution in [3.05, 3.63) is 70.8 Å². The summed E-state index contributed by atoms with van der Waals surface area (Å²) >= 11 is 0. The van der Waals surface area contributed by atoms with Crippen molar-refractivity contribution in [2.24, 2.45) is 0 Å².